The summed E-state index contributed by atoms with van der Waals surface area (Å²) in [6, 6.07) is 8.40. The van der Waals surface area contributed by atoms with Gasteiger partial charge in [0, 0.05) is 25.7 Å². The molecule has 12 heteroatoms. The third kappa shape index (κ3) is 3.99. The van der Waals surface area contributed by atoms with Gasteiger partial charge in [-0.1, -0.05) is 12.1 Å². The predicted octanol–water partition coefficient (Wildman–Crippen LogP) is 2.48. The zero-order valence-corrected chi connectivity index (χ0v) is 17.4. The number of alkyl halides is 3. The van der Waals surface area contributed by atoms with Crippen LogP contribution in [0.15, 0.2) is 35.1 Å². The Morgan fingerprint density at radius 1 is 1.22 bits per heavy atom. The Morgan fingerprint density at radius 3 is 2.56 bits per heavy atom. The summed E-state index contributed by atoms with van der Waals surface area (Å²) in [6.45, 7) is 0.558. The first kappa shape index (κ1) is 21.7. The number of aromatic nitrogens is 5. The first-order valence-electron chi connectivity index (χ1n) is 9.91. The lowest BCUT2D eigenvalue weighted by atomic mass is 10.0. The molecular weight excluding hydrogens is 429 g/mol. The second-order valence-electron chi connectivity index (χ2n) is 7.53. The van der Waals surface area contributed by atoms with Crippen molar-refractivity contribution in [1.82, 2.24) is 29.4 Å². The maximum Gasteiger partial charge on any atom is 0.451 e. The zero-order valence-electron chi connectivity index (χ0n) is 17.4. The van der Waals surface area contributed by atoms with Gasteiger partial charge in [0.25, 0.3) is 5.91 Å². The first-order chi connectivity index (χ1) is 15.2. The van der Waals surface area contributed by atoms with Gasteiger partial charge in [-0.3, -0.25) is 14.5 Å². The molecule has 3 heterocycles. The van der Waals surface area contributed by atoms with Crippen molar-refractivity contribution in [2.45, 2.75) is 25.1 Å². The van der Waals surface area contributed by atoms with Crippen LogP contribution < -0.4 is 10.4 Å². The number of carbonyl (C=O) groups excluding carboxylic acids is 1. The van der Waals surface area contributed by atoms with E-state index in [1.54, 1.807) is 30.2 Å². The number of piperidine rings is 1. The van der Waals surface area contributed by atoms with Crippen molar-refractivity contribution in [3.63, 3.8) is 0 Å². The maximum atomic E-state index is 13.0. The molecule has 1 aliphatic heterocycles. The van der Waals surface area contributed by atoms with Gasteiger partial charge in [0.15, 0.2) is 0 Å². The minimum Gasteiger partial charge on any atom is -0.497 e. The molecule has 1 aromatic carbocycles. The van der Waals surface area contributed by atoms with Gasteiger partial charge in [-0.2, -0.15) is 18.3 Å². The van der Waals surface area contributed by atoms with Gasteiger partial charge in [0.1, 0.15) is 11.4 Å². The Balaban J connectivity index is 1.45. The number of aromatic amines is 1. The summed E-state index contributed by atoms with van der Waals surface area (Å²) in [6.07, 6.45) is -4.08. The topological polar surface area (TPSA) is 98.0 Å². The summed E-state index contributed by atoms with van der Waals surface area (Å²) in [7, 11) is 2.61. The quantitative estimate of drug-likeness (QED) is 0.659. The molecule has 1 saturated heterocycles. The molecule has 0 atom stereocenters. The fourth-order valence-corrected chi connectivity index (χ4v) is 3.79. The number of nitrogens with one attached hydrogen (secondary N) is 1. The SMILES string of the molecule is COc1cccc(-c2cc(C(=O)N3CCC(n4nc(C(F)(F)F)n(C)c4=O)CC3)[nH]n2)c1. The van der Waals surface area contributed by atoms with Crippen molar-refractivity contribution < 1.29 is 22.7 Å². The Labute approximate surface area is 180 Å². The van der Waals surface area contributed by atoms with E-state index < -0.39 is 23.7 Å². The number of H-pyrrole nitrogens is 1. The molecule has 1 amide bonds. The van der Waals surface area contributed by atoms with Crippen LogP contribution in [-0.4, -0.2) is 55.6 Å². The number of rotatable bonds is 4. The zero-order chi connectivity index (χ0) is 23.0. The van der Waals surface area contributed by atoms with E-state index in [1.807, 2.05) is 12.1 Å². The molecule has 32 heavy (non-hydrogen) atoms. The second-order valence-corrected chi connectivity index (χ2v) is 7.53. The van der Waals surface area contributed by atoms with Crippen molar-refractivity contribution in [1.29, 1.82) is 0 Å². The number of hydrogen-bond donors (Lipinski definition) is 1. The Kier molecular flexibility index (Phi) is 5.53. The van der Waals surface area contributed by atoms with Gasteiger partial charge in [-0.25, -0.2) is 9.48 Å². The van der Waals surface area contributed by atoms with Crippen LogP contribution in [0.2, 0.25) is 0 Å². The molecular formula is C20H21F3N6O3. The van der Waals surface area contributed by atoms with Gasteiger partial charge in [0.05, 0.1) is 18.8 Å². The Hall–Kier alpha value is -3.57. The van der Waals surface area contributed by atoms with Crippen LogP contribution >= 0.6 is 0 Å². The summed E-state index contributed by atoms with van der Waals surface area (Å²) >= 11 is 0. The molecule has 9 nitrogen and oxygen atoms in total. The molecule has 0 aliphatic carbocycles. The van der Waals surface area contributed by atoms with Crippen molar-refractivity contribution in [3.05, 3.63) is 52.3 Å². The molecule has 0 spiro atoms. The average molecular weight is 450 g/mol. The highest BCUT2D eigenvalue weighted by atomic mass is 19.4. The van der Waals surface area contributed by atoms with Gasteiger partial charge < -0.3 is 9.64 Å². The average Bonchev–Trinajstić information content (AvgIpc) is 3.39. The highest BCUT2D eigenvalue weighted by Gasteiger charge is 2.39. The van der Waals surface area contributed by atoms with Crippen LogP contribution in [0.25, 0.3) is 11.3 Å². The number of likely N-dealkylation sites (tertiary alicyclic amines) is 1. The van der Waals surface area contributed by atoms with E-state index in [0.29, 0.717) is 34.5 Å². The standard InChI is InChI=1S/C20H21F3N6O3/c1-27-18(20(21,22)23)26-29(19(27)31)13-6-8-28(9-7-13)17(30)16-11-15(24-25-16)12-4-3-5-14(10-12)32-2/h3-5,10-11,13H,6-9H2,1-2H3,(H,24,25). The van der Waals surface area contributed by atoms with E-state index in [1.165, 1.54) is 0 Å². The summed E-state index contributed by atoms with van der Waals surface area (Å²) in [5.41, 5.74) is 0.851. The lowest BCUT2D eigenvalue weighted by Gasteiger charge is -2.31. The number of amides is 1. The molecule has 0 saturated carbocycles. The molecule has 4 rings (SSSR count). The number of ether oxygens (including phenoxy) is 1. The number of halogens is 3. The molecule has 3 aromatic rings. The van der Waals surface area contributed by atoms with Crippen LogP contribution in [0, 0.1) is 0 Å². The van der Waals surface area contributed by atoms with Crippen molar-refractivity contribution in [2.75, 3.05) is 20.2 Å². The van der Waals surface area contributed by atoms with Gasteiger partial charge in [-0.05, 0) is 31.0 Å². The van der Waals surface area contributed by atoms with E-state index in [2.05, 4.69) is 15.3 Å². The summed E-state index contributed by atoms with van der Waals surface area (Å²) in [5.74, 6) is -0.836. The van der Waals surface area contributed by atoms with Crippen LogP contribution in [-0.2, 0) is 13.2 Å². The molecule has 1 fully saturated rings. The summed E-state index contributed by atoms with van der Waals surface area (Å²) in [4.78, 5) is 26.7. The van der Waals surface area contributed by atoms with Crippen LogP contribution in [0.4, 0.5) is 13.2 Å². The maximum absolute atomic E-state index is 13.0. The van der Waals surface area contributed by atoms with Gasteiger partial charge >= 0.3 is 11.9 Å². The summed E-state index contributed by atoms with van der Waals surface area (Å²) < 4.78 is 45.7. The minimum absolute atomic E-state index is 0.269. The van der Waals surface area contributed by atoms with E-state index >= 15 is 0 Å². The molecule has 2 aromatic heterocycles. The molecule has 0 bridgehead atoms. The molecule has 1 aliphatic rings. The normalized spacial score (nSPS) is 15.2. The van der Waals surface area contributed by atoms with Crippen LogP contribution in [0.3, 0.4) is 0 Å². The third-order valence-electron chi connectivity index (χ3n) is 5.53. The number of benzene rings is 1. The monoisotopic (exact) mass is 450 g/mol. The largest absolute Gasteiger partial charge is 0.497 e. The first-order valence-corrected chi connectivity index (χ1v) is 9.91. The lowest BCUT2D eigenvalue weighted by molar-refractivity contribution is -0.147. The number of methoxy groups -OCH3 is 1. The van der Waals surface area contributed by atoms with Crippen molar-refractivity contribution in [2.24, 2.45) is 7.05 Å². The summed E-state index contributed by atoms with van der Waals surface area (Å²) in [5, 5.41) is 10.4. The Bertz CT molecular complexity index is 1190. The molecule has 0 radical (unpaired) electrons. The number of hydrogen-bond acceptors (Lipinski definition) is 5. The highest BCUT2D eigenvalue weighted by Crippen LogP contribution is 2.28. The van der Waals surface area contributed by atoms with Crippen molar-refractivity contribution in [3.8, 4) is 17.0 Å². The smallest absolute Gasteiger partial charge is 0.451 e. The third-order valence-corrected chi connectivity index (χ3v) is 5.53. The van der Waals surface area contributed by atoms with E-state index in [0.717, 1.165) is 17.3 Å². The second kappa shape index (κ2) is 8.17. The van der Waals surface area contributed by atoms with E-state index in [-0.39, 0.29) is 19.0 Å². The molecule has 0 unspecified atom stereocenters. The lowest BCUT2D eigenvalue weighted by Crippen LogP contribution is -2.41. The van der Waals surface area contributed by atoms with Gasteiger partial charge in [0.2, 0.25) is 5.82 Å². The fourth-order valence-electron chi connectivity index (χ4n) is 3.79. The predicted molar refractivity (Wildman–Crippen MR) is 107 cm³/mol. The minimum atomic E-state index is -4.71. The molecule has 170 valence electrons. The number of carbonyl (C=O) groups is 1. The van der Waals surface area contributed by atoms with Crippen LogP contribution in [0.1, 0.15) is 35.2 Å². The number of nitrogens with zero attached hydrogens (tertiary/aromatic N) is 5. The molecule has 1 N–H and O–H groups in total. The van der Waals surface area contributed by atoms with Crippen LogP contribution in [0.5, 0.6) is 5.75 Å². The fraction of sp³-hybridized carbons (Fsp3) is 0.400. The van der Waals surface area contributed by atoms with E-state index in [9.17, 15) is 22.8 Å². The van der Waals surface area contributed by atoms with Crippen molar-refractivity contribution >= 4 is 5.91 Å². The Morgan fingerprint density at radius 2 is 1.94 bits per heavy atom. The van der Waals surface area contributed by atoms with E-state index in [4.69, 9.17) is 4.74 Å². The highest BCUT2D eigenvalue weighted by molar-refractivity contribution is 5.93. The van der Waals surface area contributed by atoms with Gasteiger partial charge in [-0.15, -0.1) is 5.10 Å².